The van der Waals surface area contributed by atoms with Crippen LogP contribution in [0, 0.1) is 0 Å². The van der Waals surface area contributed by atoms with Gasteiger partial charge >= 0.3 is 0 Å². The molecule has 0 spiro atoms. The van der Waals surface area contributed by atoms with Gasteiger partial charge in [-0.05, 0) is 35.4 Å². The Balaban J connectivity index is 0.00000341. The van der Waals surface area contributed by atoms with E-state index in [1.54, 1.807) is 14.2 Å². The van der Waals surface area contributed by atoms with Crippen molar-refractivity contribution in [2.24, 2.45) is 4.99 Å². The van der Waals surface area contributed by atoms with Gasteiger partial charge in [0.1, 0.15) is 5.75 Å². The van der Waals surface area contributed by atoms with Gasteiger partial charge < -0.3 is 20.3 Å². The average Bonchev–Trinajstić information content (AvgIpc) is 2.80. The minimum atomic E-state index is 0. The topological polar surface area (TPSA) is 52.1 Å². The van der Waals surface area contributed by atoms with Crippen LogP contribution in [-0.4, -0.2) is 62.6 Å². The fourth-order valence-electron chi connectivity index (χ4n) is 3.76. The summed E-state index contributed by atoms with van der Waals surface area (Å²) in [5.41, 5.74) is 3.86. The van der Waals surface area contributed by atoms with Crippen LogP contribution in [0.25, 0.3) is 0 Å². The zero-order valence-corrected chi connectivity index (χ0v) is 21.3. The molecule has 0 aromatic heterocycles. The number of guanidine groups is 1. The maximum absolute atomic E-state index is 5.30. The summed E-state index contributed by atoms with van der Waals surface area (Å²) in [5.74, 6) is 1.66. The largest absolute Gasteiger partial charge is 0.497 e. The van der Waals surface area contributed by atoms with Gasteiger partial charge in [0, 0.05) is 52.9 Å². The van der Waals surface area contributed by atoms with Crippen molar-refractivity contribution >= 4 is 29.9 Å². The smallest absolute Gasteiger partial charge is 0.191 e. The molecule has 1 aliphatic rings. The number of halogens is 1. The predicted octanol–water partition coefficient (Wildman–Crippen LogP) is 3.32. The number of rotatable bonds is 8. The molecule has 0 amide bonds. The van der Waals surface area contributed by atoms with E-state index in [9.17, 15) is 0 Å². The number of nitrogens with one attached hydrogen (secondary N) is 2. The van der Waals surface area contributed by atoms with Gasteiger partial charge in [-0.25, -0.2) is 0 Å². The molecule has 0 saturated carbocycles. The SMILES string of the molecule is CCN1CCN(Cc2ccccc2CNC(=NC)NCc2cccc(OC)c2)CC1.I. The number of likely N-dealkylation sites (N-methyl/N-ethyl adjacent to an activating group) is 1. The zero-order chi connectivity index (χ0) is 21.2. The number of piperazine rings is 1. The van der Waals surface area contributed by atoms with Crippen LogP contribution < -0.4 is 15.4 Å². The van der Waals surface area contributed by atoms with Crippen LogP contribution in [0.4, 0.5) is 0 Å². The Kier molecular flexibility index (Phi) is 11.1. The Hall–Kier alpha value is -1.84. The molecule has 6 nitrogen and oxygen atoms in total. The molecular weight excluding hydrogens is 501 g/mol. The third kappa shape index (κ3) is 7.97. The van der Waals surface area contributed by atoms with Gasteiger partial charge in [-0.3, -0.25) is 9.89 Å². The van der Waals surface area contributed by atoms with Gasteiger partial charge in [-0.1, -0.05) is 43.3 Å². The lowest BCUT2D eigenvalue weighted by atomic mass is 10.1. The highest BCUT2D eigenvalue weighted by Gasteiger charge is 2.16. The molecule has 31 heavy (non-hydrogen) atoms. The first kappa shape index (κ1) is 25.4. The molecule has 1 saturated heterocycles. The van der Waals surface area contributed by atoms with E-state index >= 15 is 0 Å². The van der Waals surface area contributed by atoms with Crippen molar-refractivity contribution < 1.29 is 4.74 Å². The van der Waals surface area contributed by atoms with Crippen LogP contribution in [0.2, 0.25) is 0 Å². The molecule has 0 radical (unpaired) electrons. The molecule has 170 valence electrons. The highest BCUT2D eigenvalue weighted by atomic mass is 127. The second-order valence-electron chi connectivity index (χ2n) is 7.61. The molecule has 7 heteroatoms. The third-order valence-electron chi connectivity index (χ3n) is 5.69. The number of benzene rings is 2. The van der Waals surface area contributed by atoms with Crippen LogP contribution in [0.1, 0.15) is 23.6 Å². The maximum atomic E-state index is 5.30. The van der Waals surface area contributed by atoms with Gasteiger partial charge in [-0.2, -0.15) is 0 Å². The maximum Gasteiger partial charge on any atom is 0.191 e. The number of methoxy groups -OCH3 is 1. The summed E-state index contributed by atoms with van der Waals surface area (Å²) >= 11 is 0. The van der Waals surface area contributed by atoms with Crippen molar-refractivity contribution in [3.8, 4) is 5.75 Å². The van der Waals surface area contributed by atoms with Crippen molar-refractivity contribution in [3.63, 3.8) is 0 Å². The first-order valence-corrected chi connectivity index (χ1v) is 10.8. The Morgan fingerprint density at radius 1 is 0.935 bits per heavy atom. The molecule has 0 aliphatic carbocycles. The van der Waals surface area contributed by atoms with Gasteiger partial charge in [0.05, 0.1) is 7.11 Å². The lowest BCUT2D eigenvalue weighted by Gasteiger charge is -2.34. The second-order valence-corrected chi connectivity index (χ2v) is 7.61. The minimum absolute atomic E-state index is 0. The molecule has 0 bridgehead atoms. The number of hydrogen-bond donors (Lipinski definition) is 2. The van der Waals surface area contributed by atoms with Crippen molar-refractivity contribution in [1.82, 2.24) is 20.4 Å². The van der Waals surface area contributed by atoms with Crippen LogP contribution in [0.3, 0.4) is 0 Å². The van der Waals surface area contributed by atoms with Crippen LogP contribution >= 0.6 is 24.0 Å². The van der Waals surface area contributed by atoms with Gasteiger partial charge in [0.15, 0.2) is 5.96 Å². The molecule has 1 fully saturated rings. The summed E-state index contributed by atoms with van der Waals surface area (Å²) in [6.07, 6.45) is 0. The average molecular weight is 537 g/mol. The molecule has 2 aromatic rings. The van der Waals surface area contributed by atoms with E-state index in [0.29, 0.717) is 6.54 Å². The summed E-state index contributed by atoms with van der Waals surface area (Å²) in [6.45, 7) is 10.4. The van der Waals surface area contributed by atoms with Crippen molar-refractivity contribution in [3.05, 3.63) is 65.2 Å². The van der Waals surface area contributed by atoms with Crippen LogP contribution in [-0.2, 0) is 19.6 Å². The normalized spacial score (nSPS) is 15.3. The molecule has 1 aliphatic heterocycles. The van der Waals surface area contributed by atoms with Crippen molar-refractivity contribution in [2.75, 3.05) is 46.9 Å². The summed E-state index contributed by atoms with van der Waals surface area (Å²) < 4.78 is 5.30. The first-order valence-electron chi connectivity index (χ1n) is 10.8. The van der Waals surface area contributed by atoms with E-state index < -0.39 is 0 Å². The van der Waals surface area contributed by atoms with Crippen LogP contribution in [0.5, 0.6) is 5.75 Å². The second kappa shape index (κ2) is 13.5. The fourth-order valence-corrected chi connectivity index (χ4v) is 3.76. The predicted molar refractivity (Wildman–Crippen MR) is 139 cm³/mol. The lowest BCUT2D eigenvalue weighted by Crippen LogP contribution is -2.45. The van der Waals surface area contributed by atoms with Gasteiger partial charge in [0.25, 0.3) is 0 Å². The fraction of sp³-hybridized carbons (Fsp3) is 0.458. The third-order valence-corrected chi connectivity index (χ3v) is 5.69. The molecule has 0 atom stereocenters. The number of ether oxygens (including phenoxy) is 1. The van der Waals surface area contributed by atoms with Gasteiger partial charge in [0.2, 0.25) is 0 Å². The molecule has 0 unspecified atom stereocenters. The Bertz CT molecular complexity index is 821. The number of hydrogen-bond acceptors (Lipinski definition) is 4. The molecule has 2 N–H and O–H groups in total. The van der Waals surface area contributed by atoms with E-state index in [0.717, 1.165) is 63.1 Å². The summed E-state index contributed by atoms with van der Waals surface area (Å²) in [6, 6.07) is 16.8. The highest BCUT2D eigenvalue weighted by molar-refractivity contribution is 14.0. The minimum Gasteiger partial charge on any atom is -0.497 e. The summed E-state index contributed by atoms with van der Waals surface area (Å²) in [7, 11) is 3.49. The highest BCUT2D eigenvalue weighted by Crippen LogP contribution is 2.14. The van der Waals surface area contributed by atoms with Crippen molar-refractivity contribution in [2.45, 2.75) is 26.6 Å². The number of aliphatic imine (C=N–C) groups is 1. The Morgan fingerprint density at radius 2 is 1.61 bits per heavy atom. The van der Waals surface area contributed by atoms with Crippen molar-refractivity contribution in [1.29, 1.82) is 0 Å². The van der Waals surface area contributed by atoms with E-state index in [-0.39, 0.29) is 24.0 Å². The van der Waals surface area contributed by atoms with E-state index in [2.05, 4.69) is 62.7 Å². The van der Waals surface area contributed by atoms with E-state index in [4.69, 9.17) is 4.74 Å². The van der Waals surface area contributed by atoms with E-state index in [1.165, 1.54) is 11.1 Å². The Morgan fingerprint density at radius 3 is 2.29 bits per heavy atom. The Labute approximate surface area is 204 Å². The number of nitrogens with zero attached hydrogens (tertiary/aromatic N) is 3. The summed E-state index contributed by atoms with van der Waals surface area (Å²) in [4.78, 5) is 9.44. The van der Waals surface area contributed by atoms with Gasteiger partial charge in [-0.15, -0.1) is 24.0 Å². The quantitative estimate of drug-likeness (QED) is 0.308. The van der Waals surface area contributed by atoms with E-state index in [1.807, 2.05) is 18.2 Å². The van der Waals surface area contributed by atoms with Crippen LogP contribution in [0.15, 0.2) is 53.5 Å². The lowest BCUT2D eigenvalue weighted by molar-refractivity contribution is 0.131. The summed E-state index contributed by atoms with van der Waals surface area (Å²) in [5, 5.41) is 6.85. The zero-order valence-electron chi connectivity index (χ0n) is 18.9. The molecule has 1 heterocycles. The first-order chi connectivity index (χ1) is 14.7. The molecule has 3 rings (SSSR count). The molecular formula is C24H36IN5O. The monoisotopic (exact) mass is 537 g/mol. The molecule has 2 aromatic carbocycles. The standard InChI is InChI=1S/C24H35N5O.HI/c1-4-28-12-14-29(15-13-28)19-22-10-6-5-9-21(22)18-27-24(25-2)26-17-20-8-7-11-23(16-20)30-3;/h5-11,16H,4,12-15,17-19H2,1-3H3,(H2,25,26,27);1H.